The van der Waals surface area contributed by atoms with Crippen molar-refractivity contribution in [3.05, 3.63) is 18.0 Å². The third kappa shape index (κ3) is 4.50. The van der Waals surface area contributed by atoms with Gasteiger partial charge in [0, 0.05) is 6.20 Å². The molecule has 1 heterocycles. The van der Waals surface area contributed by atoms with Gasteiger partial charge in [0.25, 0.3) is 0 Å². The summed E-state index contributed by atoms with van der Waals surface area (Å²) >= 11 is 0. The van der Waals surface area contributed by atoms with Crippen molar-refractivity contribution in [2.75, 3.05) is 0 Å². The van der Waals surface area contributed by atoms with Crippen LogP contribution >= 0.6 is 0 Å². The zero-order valence-corrected chi connectivity index (χ0v) is 11.4. The van der Waals surface area contributed by atoms with Crippen molar-refractivity contribution in [3.63, 3.8) is 0 Å². The van der Waals surface area contributed by atoms with Crippen molar-refractivity contribution in [1.29, 1.82) is 0 Å². The lowest BCUT2D eigenvalue weighted by molar-refractivity contribution is 0.157. The highest BCUT2D eigenvalue weighted by molar-refractivity contribution is 4.99. The molecule has 0 spiro atoms. The van der Waals surface area contributed by atoms with Crippen LogP contribution in [0.15, 0.2) is 12.3 Å². The summed E-state index contributed by atoms with van der Waals surface area (Å²) < 4.78 is 2.09. The number of aromatic nitrogens is 2. The smallest absolute Gasteiger partial charge is 0.0624 e. The quantitative estimate of drug-likeness (QED) is 0.754. The number of nitrogens with zero attached hydrogens (tertiary/aromatic N) is 2. The molecule has 0 aliphatic carbocycles. The average Bonchev–Trinajstić information content (AvgIpc) is 2.79. The average molecular weight is 238 g/mol. The summed E-state index contributed by atoms with van der Waals surface area (Å²) in [6.45, 7) is 6.42. The van der Waals surface area contributed by atoms with Crippen molar-refractivity contribution < 1.29 is 5.11 Å². The zero-order valence-electron chi connectivity index (χ0n) is 11.4. The van der Waals surface area contributed by atoms with Gasteiger partial charge in [-0.25, -0.2) is 0 Å². The van der Waals surface area contributed by atoms with Crippen LogP contribution in [0.4, 0.5) is 0 Å². The first kappa shape index (κ1) is 14.2. The fraction of sp³-hybridized carbons (Fsp3) is 0.786. The van der Waals surface area contributed by atoms with Gasteiger partial charge in [-0.1, -0.05) is 20.8 Å². The first-order chi connectivity index (χ1) is 8.21. The van der Waals surface area contributed by atoms with E-state index >= 15 is 0 Å². The van der Waals surface area contributed by atoms with E-state index in [0.29, 0.717) is 6.04 Å². The summed E-state index contributed by atoms with van der Waals surface area (Å²) in [5.74, 6) is 0. The van der Waals surface area contributed by atoms with E-state index in [2.05, 4.69) is 35.9 Å². The second kappa shape index (κ2) is 7.49. The number of rotatable bonds is 8. The molecule has 0 saturated heterocycles. The number of aliphatic hydroxyl groups is 1. The Balaban J connectivity index is 2.40. The Morgan fingerprint density at radius 2 is 1.94 bits per heavy atom. The van der Waals surface area contributed by atoms with E-state index in [9.17, 15) is 5.11 Å². The maximum absolute atomic E-state index is 9.48. The van der Waals surface area contributed by atoms with Gasteiger partial charge in [0.2, 0.25) is 0 Å². The number of aryl methyl sites for hydroxylation is 1. The van der Waals surface area contributed by atoms with E-state index in [0.717, 1.165) is 44.2 Å². The van der Waals surface area contributed by atoms with E-state index in [1.165, 1.54) is 0 Å². The van der Waals surface area contributed by atoms with E-state index < -0.39 is 0 Å². The van der Waals surface area contributed by atoms with Gasteiger partial charge in [-0.15, -0.1) is 0 Å². The Kier molecular flexibility index (Phi) is 6.27. The van der Waals surface area contributed by atoms with Gasteiger partial charge in [-0.05, 0) is 44.6 Å². The molecule has 1 aromatic heterocycles. The Labute approximate surface area is 105 Å². The topological polar surface area (TPSA) is 38.0 Å². The van der Waals surface area contributed by atoms with Gasteiger partial charge in [0.05, 0.1) is 17.8 Å². The second-order valence-electron chi connectivity index (χ2n) is 4.71. The Morgan fingerprint density at radius 3 is 2.53 bits per heavy atom. The van der Waals surface area contributed by atoms with Crippen LogP contribution in [0.3, 0.4) is 0 Å². The standard InChI is InChI=1S/C14H26N2O/c1-4-13(5-2)16-11-10-12(15-16)8-7-9-14(17)6-3/h10-11,13-14,17H,4-9H2,1-3H3. The van der Waals surface area contributed by atoms with Crippen LogP contribution in [0.1, 0.15) is 64.6 Å². The number of hydrogen-bond acceptors (Lipinski definition) is 2. The Morgan fingerprint density at radius 1 is 1.24 bits per heavy atom. The van der Waals surface area contributed by atoms with E-state index in [1.807, 2.05) is 6.92 Å². The highest BCUT2D eigenvalue weighted by Gasteiger charge is 2.08. The van der Waals surface area contributed by atoms with Crippen LogP contribution < -0.4 is 0 Å². The predicted octanol–water partition coefficient (Wildman–Crippen LogP) is 3.34. The fourth-order valence-electron chi connectivity index (χ4n) is 2.10. The lowest BCUT2D eigenvalue weighted by atomic mass is 10.1. The number of aliphatic hydroxyl groups excluding tert-OH is 1. The maximum atomic E-state index is 9.48. The molecule has 0 radical (unpaired) electrons. The molecule has 0 aromatic carbocycles. The summed E-state index contributed by atoms with van der Waals surface area (Å²) in [5, 5.41) is 14.1. The van der Waals surface area contributed by atoms with Crippen molar-refractivity contribution >= 4 is 0 Å². The van der Waals surface area contributed by atoms with Crippen molar-refractivity contribution in [3.8, 4) is 0 Å². The fourth-order valence-corrected chi connectivity index (χ4v) is 2.10. The first-order valence-electron chi connectivity index (χ1n) is 6.93. The third-order valence-corrected chi connectivity index (χ3v) is 3.42. The largest absolute Gasteiger partial charge is 0.393 e. The molecule has 1 aromatic rings. The van der Waals surface area contributed by atoms with Crippen molar-refractivity contribution in [2.24, 2.45) is 0 Å². The summed E-state index contributed by atoms with van der Waals surface area (Å²) in [4.78, 5) is 0. The van der Waals surface area contributed by atoms with Crippen LogP contribution in [0.25, 0.3) is 0 Å². The van der Waals surface area contributed by atoms with Gasteiger partial charge < -0.3 is 5.11 Å². The molecule has 0 amide bonds. The summed E-state index contributed by atoms with van der Waals surface area (Å²) in [6.07, 6.45) is 7.94. The van der Waals surface area contributed by atoms with Gasteiger partial charge in [0.1, 0.15) is 0 Å². The molecule has 0 aliphatic rings. The highest BCUT2D eigenvalue weighted by atomic mass is 16.3. The van der Waals surface area contributed by atoms with Gasteiger partial charge in [0.15, 0.2) is 0 Å². The second-order valence-corrected chi connectivity index (χ2v) is 4.71. The van der Waals surface area contributed by atoms with Crippen LogP contribution in [0, 0.1) is 0 Å². The van der Waals surface area contributed by atoms with Gasteiger partial charge in [-0.3, -0.25) is 4.68 Å². The van der Waals surface area contributed by atoms with Gasteiger partial charge >= 0.3 is 0 Å². The minimum atomic E-state index is -0.142. The maximum Gasteiger partial charge on any atom is 0.0624 e. The van der Waals surface area contributed by atoms with E-state index in [4.69, 9.17) is 0 Å². The molecule has 3 nitrogen and oxygen atoms in total. The molecular formula is C14H26N2O. The normalized spacial score (nSPS) is 13.2. The molecule has 1 rings (SSSR count). The molecule has 0 bridgehead atoms. The predicted molar refractivity (Wildman–Crippen MR) is 71.1 cm³/mol. The van der Waals surface area contributed by atoms with Crippen LogP contribution in [-0.2, 0) is 6.42 Å². The van der Waals surface area contributed by atoms with E-state index in [-0.39, 0.29) is 6.10 Å². The third-order valence-electron chi connectivity index (χ3n) is 3.42. The molecule has 1 atom stereocenters. The summed E-state index contributed by atoms with van der Waals surface area (Å²) in [5.41, 5.74) is 1.15. The SMILES string of the molecule is CCC(O)CCCc1ccn(C(CC)CC)n1. The zero-order chi connectivity index (χ0) is 12.7. The molecule has 0 saturated carbocycles. The van der Waals surface area contributed by atoms with Gasteiger partial charge in [-0.2, -0.15) is 5.10 Å². The van der Waals surface area contributed by atoms with Crippen LogP contribution in [0.2, 0.25) is 0 Å². The minimum absolute atomic E-state index is 0.142. The molecular weight excluding hydrogens is 212 g/mol. The molecule has 1 N–H and O–H groups in total. The monoisotopic (exact) mass is 238 g/mol. The Hall–Kier alpha value is -0.830. The Bertz CT molecular complexity index is 305. The first-order valence-corrected chi connectivity index (χ1v) is 6.93. The van der Waals surface area contributed by atoms with Crippen LogP contribution in [-0.4, -0.2) is 21.0 Å². The molecule has 1 unspecified atom stereocenters. The summed E-state index contributed by atoms with van der Waals surface area (Å²) in [6, 6.07) is 2.64. The van der Waals surface area contributed by atoms with Crippen molar-refractivity contribution in [1.82, 2.24) is 9.78 Å². The molecule has 17 heavy (non-hydrogen) atoms. The van der Waals surface area contributed by atoms with E-state index in [1.54, 1.807) is 0 Å². The lowest BCUT2D eigenvalue weighted by Crippen LogP contribution is -2.08. The molecule has 0 aliphatic heterocycles. The minimum Gasteiger partial charge on any atom is -0.393 e. The summed E-state index contributed by atoms with van der Waals surface area (Å²) in [7, 11) is 0. The molecule has 0 fully saturated rings. The van der Waals surface area contributed by atoms with Crippen LogP contribution in [0.5, 0.6) is 0 Å². The highest BCUT2D eigenvalue weighted by Crippen LogP contribution is 2.15. The molecule has 3 heteroatoms. The lowest BCUT2D eigenvalue weighted by Gasteiger charge is -2.12. The number of hydrogen-bond donors (Lipinski definition) is 1. The van der Waals surface area contributed by atoms with Crippen molar-refractivity contribution in [2.45, 2.75) is 71.4 Å². The molecule has 98 valence electrons.